The van der Waals surface area contributed by atoms with E-state index in [1.807, 2.05) is 0 Å². The van der Waals surface area contributed by atoms with Crippen LogP contribution >= 0.6 is 22.9 Å². The minimum Gasteiger partial charge on any atom is -0.383 e. The maximum Gasteiger partial charge on any atom is 0.261 e. The number of aromatic nitrogens is 2. The van der Waals surface area contributed by atoms with Crippen LogP contribution in [0.25, 0.3) is 0 Å². The van der Waals surface area contributed by atoms with E-state index in [0.717, 1.165) is 0 Å². The molecule has 2 aromatic rings. The van der Waals surface area contributed by atoms with E-state index in [2.05, 4.69) is 15.3 Å². The maximum absolute atomic E-state index is 11.7. The Morgan fingerprint density at radius 2 is 2.32 bits per heavy atom. The Labute approximate surface area is 117 Å². The van der Waals surface area contributed by atoms with Gasteiger partial charge in [0.05, 0.1) is 9.21 Å². The second-order valence-electron chi connectivity index (χ2n) is 3.73. The molecule has 0 bridgehead atoms. The summed E-state index contributed by atoms with van der Waals surface area (Å²) in [6.45, 7) is 0.348. The van der Waals surface area contributed by atoms with Crippen molar-refractivity contribution in [2.75, 3.05) is 12.3 Å². The quantitative estimate of drug-likeness (QED) is 0.785. The van der Waals surface area contributed by atoms with Gasteiger partial charge in [-0.2, -0.15) is 0 Å². The predicted octanol–water partition coefficient (Wildman–Crippen LogP) is 1.04. The number of hydrogen-bond donors (Lipinski definition) is 3. The fraction of sp³-hybridized carbons (Fsp3) is 0.182. The third kappa shape index (κ3) is 3.80. The van der Waals surface area contributed by atoms with Crippen molar-refractivity contribution in [2.24, 2.45) is 0 Å². The number of nitrogen functional groups attached to an aromatic ring is 1. The molecule has 0 radical (unpaired) electrons. The van der Waals surface area contributed by atoms with Gasteiger partial charge >= 0.3 is 0 Å². The summed E-state index contributed by atoms with van der Waals surface area (Å²) >= 11 is 6.95. The molecule has 100 valence electrons. The standard InChI is InChI=1S/C11H11ClN4O2S/c12-7-2-1-6(19-7)11(18)14-4-3-9-15-8(13)5-10(17)16-9/h1-2,5H,3-4H2,(H,14,18)(H3,13,15,16,17). The van der Waals surface area contributed by atoms with Gasteiger partial charge in [-0.25, -0.2) is 4.98 Å². The van der Waals surface area contributed by atoms with Crippen molar-refractivity contribution < 1.29 is 4.79 Å². The first-order valence-electron chi connectivity index (χ1n) is 5.44. The van der Waals surface area contributed by atoms with E-state index in [4.69, 9.17) is 17.3 Å². The van der Waals surface area contributed by atoms with Gasteiger partial charge < -0.3 is 16.0 Å². The second kappa shape index (κ2) is 5.85. The number of amides is 1. The third-order valence-corrected chi connectivity index (χ3v) is 3.48. The summed E-state index contributed by atoms with van der Waals surface area (Å²) < 4.78 is 0.562. The van der Waals surface area contributed by atoms with E-state index in [1.165, 1.54) is 17.4 Å². The number of anilines is 1. The molecular weight excluding hydrogens is 288 g/mol. The minimum absolute atomic E-state index is 0.162. The van der Waals surface area contributed by atoms with Gasteiger partial charge in [-0.05, 0) is 12.1 Å². The van der Waals surface area contributed by atoms with Crippen LogP contribution in [0.4, 0.5) is 5.82 Å². The molecule has 8 heteroatoms. The summed E-state index contributed by atoms with van der Waals surface area (Å²) in [5.41, 5.74) is 5.15. The molecule has 19 heavy (non-hydrogen) atoms. The molecule has 0 aromatic carbocycles. The first-order chi connectivity index (χ1) is 9.04. The molecule has 0 aliphatic heterocycles. The van der Waals surface area contributed by atoms with Gasteiger partial charge in [0.1, 0.15) is 11.6 Å². The number of hydrogen-bond acceptors (Lipinski definition) is 5. The highest BCUT2D eigenvalue weighted by molar-refractivity contribution is 7.17. The monoisotopic (exact) mass is 298 g/mol. The van der Waals surface area contributed by atoms with Crippen LogP contribution in [0.15, 0.2) is 23.0 Å². The molecule has 2 rings (SSSR count). The van der Waals surface area contributed by atoms with Crippen LogP contribution in [0.5, 0.6) is 0 Å². The highest BCUT2D eigenvalue weighted by Gasteiger charge is 2.08. The van der Waals surface area contributed by atoms with E-state index in [9.17, 15) is 9.59 Å². The number of carbonyl (C=O) groups is 1. The lowest BCUT2D eigenvalue weighted by molar-refractivity contribution is 0.0958. The highest BCUT2D eigenvalue weighted by Crippen LogP contribution is 2.20. The molecule has 0 atom stereocenters. The molecule has 0 unspecified atom stereocenters. The number of halogens is 1. The van der Waals surface area contributed by atoms with Gasteiger partial charge in [-0.3, -0.25) is 9.59 Å². The first kappa shape index (κ1) is 13.6. The van der Waals surface area contributed by atoms with Crippen LogP contribution in [-0.2, 0) is 6.42 Å². The van der Waals surface area contributed by atoms with Gasteiger partial charge in [0.25, 0.3) is 11.5 Å². The Morgan fingerprint density at radius 1 is 1.53 bits per heavy atom. The molecule has 0 fully saturated rings. The molecule has 6 nitrogen and oxygen atoms in total. The average Bonchev–Trinajstić information content (AvgIpc) is 2.74. The minimum atomic E-state index is -0.307. The summed E-state index contributed by atoms with van der Waals surface area (Å²) in [4.78, 5) is 29.9. The summed E-state index contributed by atoms with van der Waals surface area (Å²) in [6, 6.07) is 4.52. The zero-order valence-electron chi connectivity index (χ0n) is 9.77. The van der Waals surface area contributed by atoms with Gasteiger partial charge in [-0.1, -0.05) is 11.6 Å². The van der Waals surface area contributed by atoms with E-state index in [-0.39, 0.29) is 17.3 Å². The molecule has 2 aromatic heterocycles. The number of H-pyrrole nitrogens is 1. The lowest BCUT2D eigenvalue weighted by atomic mass is 10.3. The largest absolute Gasteiger partial charge is 0.383 e. The van der Waals surface area contributed by atoms with Gasteiger partial charge in [0, 0.05) is 19.0 Å². The summed E-state index contributed by atoms with van der Waals surface area (Å²) in [5, 5.41) is 2.71. The molecular formula is C11H11ClN4O2S. The SMILES string of the molecule is Nc1cc(=O)[nH]c(CCNC(=O)c2ccc(Cl)s2)n1. The Kier molecular flexibility index (Phi) is 4.18. The molecule has 0 saturated carbocycles. The fourth-order valence-corrected chi connectivity index (χ4v) is 2.42. The first-order valence-corrected chi connectivity index (χ1v) is 6.63. The number of nitrogens with two attached hydrogens (primary N) is 1. The number of nitrogens with zero attached hydrogens (tertiary/aromatic N) is 1. The molecule has 0 spiro atoms. The van der Waals surface area contributed by atoms with Crippen molar-refractivity contribution in [3.05, 3.63) is 43.6 Å². The Bertz CT molecular complexity index is 652. The number of nitrogens with one attached hydrogen (secondary N) is 2. The normalized spacial score (nSPS) is 10.4. The average molecular weight is 299 g/mol. The fourth-order valence-electron chi connectivity index (χ4n) is 1.46. The Morgan fingerprint density at radius 3 is 2.95 bits per heavy atom. The smallest absolute Gasteiger partial charge is 0.261 e. The zero-order valence-corrected chi connectivity index (χ0v) is 11.3. The lowest BCUT2D eigenvalue weighted by Gasteiger charge is -2.03. The molecule has 0 saturated heterocycles. The molecule has 2 heterocycles. The van der Waals surface area contributed by atoms with Crippen molar-refractivity contribution in [1.82, 2.24) is 15.3 Å². The molecule has 0 aliphatic rings. The topological polar surface area (TPSA) is 101 Å². The van der Waals surface area contributed by atoms with E-state index in [1.54, 1.807) is 12.1 Å². The van der Waals surface area contributed by atoms with E-state index in [0.29, 0.717) is 28.0 Å². The van der Waals surface area contributed by atoms with Crippen molar-refractivity contribution >= 4 is 34.7 Å². The maximum atomic E-state index is 11.7. The van der Waals surface area contributed by atoms with Crippen LogP contribution in [-0.4, -0.2) is 22.4 Å². The zero-order chi connectivity index (χ0) is 13.8. The van der Waals surface area contributed by atoms with E-state index < -0.39 is 0 Å². The predicted molar refractivity (Wildman–Crippen MR) is 74.6 cm³/mol. The lowest BCUT2D eigenvalue weighted by Crippen LogP contribution is -2.26. The summed E-state index contributed by atoms with van der Waals surface area (Å²) in [7, 11) is 0. The number of aromatic amines is 1. The van der Waals surface area contributed by atoms with Gasteiger partial charge in [-0.15, -0.1) is 11.3 Å². The summed E-state index contributed by atoms with van der Waals surface area (Å²) in [6.07, 6.45) is 0.394. The van der Waals surface area contributed by atoms with Gasteiger partial charge in [0.2, 0.25) is 0 Å². The van der Waals surface area contributed by atoms with Gasteiger partial charge in [0.15, 0.2) is 0 Å². The van der Waals surface area contributed by atoms with Crippen LogP contribution in [0.3, 0.4) is 0 Å². The van der Waals surface area contributed by atoms with Crippen molar-refractivity contribution in [3.8, 4) is 0 Å². The molecule has 4 N–H and O–H groups in total. The highest BCUT2D eigenvalue weighted by atomic mass is 35.5. The number of carbonyl (C=O) groups excluding carboxylic acids is 1. The molecule has 1 amide bonds. The van der Waals surface area contributed by atoms with Crippen molar-refractivity contribution in [2.45, 2.75) is 6.42 Å². The number of thiophene rings is 1. The Balaban J connectivity index is 1.90. The number of rotatable bonds is 4. The van der Waals surface area contributed by atoms with Crippen LogP contribution in [0.1, 0.15) is 15.5 Å². The third-order valence-electron chi connectivity index (χ3n) is 2.25. The van der Waals surface area contributed by atoms with Crippen LogP contribution in [0, 0.1) is 0 Å². The second-order valence-corrected chi connectivity index (χ2v) is 5.44. The summed E-state index contributed by atoms with van der Waals surface area (Å²) in [5.74, 6) is 0.396. The Hall–Kier alpha value is -1.86. The van der Waals surface area contributed by atoms with E-state index >= 15 is 0 Å². The van der Waals surface area contributed by atoms with Crippen LogP contribution in [0.2, 0.25) is 4.34 Å². The molecule has 0 aliphatic carbocycles. The van der Waals surface area contributed by atoms with Crippen molar-refractivity contribution in [3.63, 3.8) is 0 Å². The van der Waals surface area contributed by atoms with Crippen LogP contribution < -0.4 is 16.6 Å². The van der Waals surface area contributed by atoms with Crippen molar-refractivity contribution in [1.29, 1.82) is 0 Å².